The SMILES string of the molecule is [CH2+]OCCOCCOCCOS(=O)(=O)c1ccc(C)cc1. The Balaban J connectivity index is 2.15. The van der Waals surface area contributed by atoms with Crippen LogP contribution in [0.1, 0.15) is 5.56 Å². The molecule has 0 aliphatic heterocycles. The average molecular weight is 317 g/mol. The van der Waals surface area contributed by atoms with Gasteiger partial charge in [0.2, 0.25) is 7.11 Å². The molecule has 0 atom stereocenters. The Labute approximate surface area is 126 Å². The number of hydrogen-bond acceptors (Lipinski definition) is 6. The smallest absolute Gasteiger partial charge is 0.297 e. The molecule has 1 aromatic rings. The van der Waals surface area contributed by atoms with Crippen molar-refractivity contribution >= 4 is 10.1 Å². The largest absolute Gasteiger partial charge is 0.377 e. The second-order valence-corrected chi connectivity index (χ2v) is 5.84. The molecule has 0 saturated carbocycles. The van der Waals surface area contributed by atoms with Crippen LogP contribution in [-0.2, 0) is 28.5 Å². The van der Waals surface area contributed by atoms with E-state index in [0.717, 1.165) is 5.56 Å². The van der Waals surface area contributed by atoms with E-state index in [1.807, 2.05) is 6.92 Å². The van der Waals surface area contributed by atoms with Crippen LogP contribution in [0.2, 0.25) is 0 Å². The van der Waals surface area contributed by atoms with E-state index in [0.29, 0.717) is 26.4 Å². The van der Waals surface area contributed by atoms with Crippen LogP contribution in [0.15, 0.2) is 29.2 Å². The summed E-state index contributed by atoms with van der Waals surface area (Å²) in [6, 6.07) is 6.48. The summed E-state index contributed by atoms with van der Waals surface area (Å²) >= 11 is 0. The molecule has 0 N–H and O–H groups in total. The van der Waals surface area contributed by atoms with Gasteiger partial charge in [0.25, 0.3) is 10.1 Å². The third-order valence-electron chi connectivity index (χ3n) is 2.52. The first-order valence-electron chi connectivity index (χ1n) is 6.55. The Bertz CT molecular complexity index is 483. The van der Waals surface area contributed by atoms with Gasteiger partial charge in [-0.1, -0.05) is 17.7 Å². The van der Waals surface area contributed by atoms with Gasteiger partial charge in [-0.2, -0.15) is 13.2 Å². The van der Waals surface area contributed by atoms with Crippen LogP contribution in [0.25, 0.3) is 0 Å². The Morgan fingerprint density at radius 2 is 1.43 bits per heavy atom. The van der Waals surface area contributed by atoms with Gasteiger partial charge in [0.05, 0.1) is 37.9 Å². The minimum absolute atomic E-state index is 0.0296. The zero-order valence-electron chi connectivity index (χ0n) is 12.1. The summed E-state index contributed by atoms with van der Waals surface area (Å²) in [5.74, 6) is 0. The summed E-state index contributed by atoms with van der Waals surface area (Å²) in [6.07, 6.45) is 0. The van der Waals surface area contributed by atoms with Crippen molar-refractivity contribution < 1.29 is 26.8 Å². The van der Waals surface area contributed by atoms with Gasteiger partial charge in [-0.15, -0.1) is 0 Å². The van der Waals surface area contributed by atoms with Crippen molar-refractivity contribution in [1.29, 1.82) is 0 Å². The van der Waals surface area contributed by atoms with Crippen LogP contribution in [0, 0.1) is 14.0 Å². The molecule has 1 aromatic carbocycles. The maximum atomic E-state index is 11.8. The molecule has 118 valence electrons. The van der Waals surface area contributed by atoms with Crippen LogP contribution in [0.4, 0.5) is 0 Å². The molecule has 0 radical (unpaired) electrons. The zero-order valence-corrected chi connectivity index (χ0v) is 12.9. The number of benzene rings is 1. The monoisotopic (exact) mass is 317 g/mol. The molecule has 21 heavy (non-hydrogen) atoms. The summed E-state index contributed by atoms with van der Waals surface area (Å²) in [6.45, 7) is 3.69. The van der Waals surface area contributed by atoms with Gasteiger partial charge in [-0.3, -0.25) is 4.18 Å². The highest BCUT2D eigenvalue weighted by molar-refractivity contribution is 7.86. The van der Waals surface area contributed by atoms with Crippen molar-refractivity contribution in [2.45, 2.75) is 11.8 Å². The van der Waals surface area contributed by atoms with Gasteiger partial charge in [0.15, 0.2) is 0 Å². The van der Waals surface area contributed by atoms with Gasteiger partial charge >= 0.3 is 0 Å². The van der Waals surface area contributed by atoms with E-state index >= 15 is 0 Å². The van der Waals surface area contributed by atoms with Crippen LogP contribution >= 0.6 is 0 Å². The van der Waals surface area contributed by atoms with Gasteiger partial charge in [-0.05, 0) is 19.1 Å². The molecule has 0 aliphatic rings. The molecule has 0 unspecified atom stereocenters. The first-order chi connectivity index (χ1) is 10.1. The molecule has 0 amide bonds. The van der Waals surface area contributed by atoms with E-state index in [9.17, 15) is 8.42 Å². The maximum Gasteiger partial charge on any atom is 0.297 e. The normalized spacial score (nSPS) is 11.7. The van der Waals surface area contributed by atoms with Crippen LogP contribution < -0.4 is 0 Å². The van der Waals surface area contributed by atoms with Crippen molar-refractivity contribution in [2.75, 3.05) is 39.6 Å². The minimum Gasteiger partial charge on any atom is -0.377 e. The highest BCUT2D eigenvalue weighted by Gasteiger charge is 2.14. The molecule has 1 rings (SSSR count). The third kappa shape index (κ3) is 7.45. The fourth-order valence-electron chi connectivity index (χ4n) is 1.42. The Hall–Kier alpha value is -1.12. The minimum atomic E-state index is -3.72. The van der Waals surface area contributed by atoms with Crippen molar-refractivity contribution in [1.82, 2.24) is 0 Å². The van der Waals surface area contributed by atoms with E-state index < -0.39 is 10.1 Å². The molecular formula is C14H21O6S+. The molecule has 0 fully saturated rings. The maximum absolute atomic E-state index is 11.8. The zero-order chi connectivity index (χ0) is 15.6. The lowest BCUT2D eigenvalue weighted by Gasteiger charge is -2.07. The van der Waals surface area contributed by atoms with Crippen LogP contribution in [0.5, 0.6) is 0 Å². The standard InChI is InChI=1S/C14H21O6S/c1-13-3-5-14(6-4-13)21(15,16)20-12-11-19-10-9-18-8-7-17-2/h3-6H,2,7-12H2,1H3/q+1. The summed E-state index contributed by atoms with van der Waals surface area (Å²) in [4.78, 5) is 0.143. The van der Waals surface area contributed by atoms with Crippen molar-refractivity contribution in [3.05, 3.63) is 36.9 Å². The lowest BCUT2D eigenvalue weighted by Crippen LogP contribution is -2.14. The molecule has 0 aliphatic carbocycles. The molecular weight excluding hydrogens is 296 g/mol. The molecule has 0 heterocycles. The van der Waals surface area contributed by atoms with Gasteiger partial charge in [-0.25, -0.2) is 0 Å². The summed E-state index contributed by atoms with van der Waals surface area (Å²) < 4.78 is 43.5. The molecule has 7 heteroatoms. The van der Waals surface area contributed by atoms with E-state index in [2.05, 4.69) is 11.8 Å². The molecule has 0 aromatic heterocycles. The fourth-order valence-corrected chi connectivity index (χ4v) is 2.31. The lowest BCUT2D eigenvalue weighted by molar-refractivity contribution is 0.0225. The second kappa shape index (κ2) is 9.75. The van der Waals surface area contributed by atoms with Crippen molar-refractivity contribution in [2.24, 2.45) is 0 Å². The number of hydrogen-bond donors (Lipinski definition) is 0. The third-order valence-corrected chi connectivity index (χ3v) is 3.85. The van der Waals surface area contributed by atoms with Gasteiger partial charge in [0, 0.05) is 0 Å². The first kappa shape index (κ1) is 17.9. The predicted molar refractivity (Wildman–Crippen MR) is 77.3 cm³/mol. The average Bonchev–Trinajstić information content (AvgIpc) is 2.46. The Kier molecular flexibility index (Phi) is 8.33. The molecule has 6 nitrogen and oxygen atoms in total. The first-order valence-corrected chi connectivity index (χ1v) is 7.95. The number of rotatable bonds is 11. The van der Waals surface area contributed by atoms with Crippen molar-refractivity contribution in [3.63, 3.8) is 0 Å². The van der Waals surface area contributed by atoms with Gasteiger partial charge < -0.3 is 9.47 Å². The van der Waals surface area contributed by atoms with Crippen molar-refractivity contribution in [3.8, 4) is 0 Å². The summed E-state index contributed by atoms with van der Waals surface area (Å²) in [7, 11) is -0.504. The highest BCUT2D eigenvalue weighted by Crippen LogP contribution is 2.12. The number of aryl methyl sites for hydroxylation is 1. The Morgan fingerprint density at radius 3 is 2.00 bits per heavy atom. The predicted octanol–water partition coefficient (Wildman–Crippen LogP) is 1.54. The van der Waals surface area contributed by atoms with E-state index in [1.54, 1.807) is 12.1 Å². The second-order valence-electron chi connectivity index (χ2n) is 4.22. The quantitative estimate of drug-likeness (QED) is 0.350. The fraction of sp³-hybridized carbons (Fsp3) is 0.500. The van der Waals surface area contributed by atoms with E-state index in [-0.39, 0.29) is 18.1 Å². The topological polar surface area (TPSA) is 71.1 Å². The molecule has 0 spiro atoms. The Morgan fingerprint density at radius 1 is 0.905 bits per heavy atom. The lowest BCUT2D eigenvalue weighted by atomic mass is 10.2. The van der Waals surface area contributed by atoms with E-state index in [4.69, 9.17) is 13.7 Å². The summed E-state index contributed by atoms with van der Waals surface area (Å²) in [5, 5.41) is 0. The van der Waals surface area contributed by atoms with Gasteiger partial charge in [0.1, 0.15) is 6.61 Å². The highest BCUT2D eigenvalue weighted by atomic mass is 32.2. The molecule has 0 bridgehead atoms. The van der Waals surface area contributed by atoms with E-state index in [1.165, 1.54) is 12.1 Å². The number of ether oxygens (including phenoxy) is 3. The van der Waals surface area contributed by atoms with Crippen LogP contribution in [0.3, 0.4) is 0 Å². The summed E-state index contributed by atoms with van der Waals surface area (Å²) in [5.41, 5.74) is 0.988. The molecule has 0 saturated heterocycles. The van der Waals surface area contributed by atoms with Crippen LogP contribution in [-0.4, -0.2) is 48.1 Å².